The van der Waals surface area contributed by atoms with Crippen LogP contribution in [0.4, 0.5) is 0 Å². The van der Waals surface area contributed by atoms with E-state index in [4.69, 9.17) is 39.5 Å². The fraction of sp³-hybridized carbons (Fsp3) is 0.167. The van der Waals surface area contributed by atoms with E-state index in [1.165, 1.54) is 0 Å². The van der Waals surface area contributed by atoms with Crippen LogP contribution in [0.5, 0.6) is 5.75 Å². The highest BCUT2D eigenvalue weighted by molar-refractivity contribution is 6.35. The van der Waals surface area contributed by atoms with Crippen LogP contribution in [-0.2, 0) is 6.61 Å². The van der Waals surface area contributed by atoms with Crippen LogP contribution >= 0.6 is 34.8 Å². The molecule has 0 radical (unpaired) electrons. The summed E-state index contributed by atoms with van der Waals surface area (Å²) in [5, 5.41) is 1.40. The van der Waals surface area contributed by atoms with Gasteiger partial charge in [0.15, 0.2) is 5.82 Å². The van der Waals surface area contributed by atoms with Gasteiger partial charge in [-0.2, -0.15) is 0 Å². The van der Waals surface area contributed by atoms with Gasteiger partial charge in [0, 0.05) is 10.7 Å². The molecule has 2 aromatic rings. The van der Waals surface area contributed by atoms with Crippen molar-refractivity contribution in [2.45, 2.75) is 13.5 Å². The van der Waals surface area contributed by atoms with E-state index >= 15 is 0 Å². The Bertz CT molecular complexity index is 555. The van der Waals surface area contributed by atoms with Crippen LogP contribution in [-0.4, -0.2) is 9.97 Å². The molecular formula is C12H9Cl3N2O. The van der Waals surface area contributed by atoms with Gasteiger partial charge >= 0.3 is 0 Å². The van der Waals surface area contributed by atoms with Crippen LogP contribution in [0.15, 0.2) is 24.3 Å². The Morgan fingerprint density at radius 1 is 1.11 bits per heavy atom. The number of rotatable bonds is 3. The van der Waals surface area contributed by atoms with Crippen molar-refractivity contribution >= 4 is 34.8 Å². The molecule has 0 saturated carbocycles. The van der Waals surface area contributed by atoms with E-state index in [0.29, 0.717) is 26.8 Å². The van der Waals surface area contributed by atoms with Crippen molar-refractivity contribution in [2.24, 2.45) is 0 Å². The summed E-state index contributed by atoms with van der Waals surface area (Å²) in [4.78, 5) is 8.26. The third-order valence-electron chi connectivity index (χ3n) is 2.12. The summed E-state index contributed by atoms with van der Waals surface area (Å²) in [6, 6.07) is 6.69. The van der Waals surface area contributed by atoms with Crippen molar-refractivity contribution in [1.29, 1.82) is 0 Å². The number of nitrogens with zero attached hydrogens (tertiary/aromatic N) is 2. The molecule has 1 aromatic heterocycles. The summed E-state index contributed by atoms with van der Waals surface area (Å²) in [6.45, 7) is 2.04. The average molecular weight is 304 g/mol. The minimum absolute atomic E-state index is 0.197. The van der Waals surface area contributed by atoms with E-state index in [-0.39, 0.29) is 6.61 Å². The zero-order valence-corrected chi connectivity index (χ0v) is 11.7. The number of aryl methyl sites for hydroxylation is 1. The molecule has 1 heterocycles. The molecule has 0 N–H and O–H groups in total. The molecule has 0 unspecified atom stereocenters. The Morgan fingerprint density at radius 3 is 2.56 bits per heavy atom. The normalized spacial score (nSPS) is 10.4. The van der Waals surface area contributed by atoms with Gasteiger partial charge in [0.2, 0.25) is 0 Å². The quantitative estimate of drug-likeness (QED) is 0.792. The molecule has 0 saturated heterocycles. The van der Waals surface area contributed by atoms with Crippen molar-refractivity contribution in [1.82, 2.24) is 9.97 Å². The first kappa shape index (κ1) is 13.4. The first-order valence-corrected chi connectivity index (χ1v) is 6.26. The van der Waals surface area contributed by atoms with Gasteiger partial charge in [-0.3, -0.25) is 0 Å². The standard InChI is InChI=1S/C12H9Cl3N2O/c1-7-4-11(15)17-12(16-7)6-18-10-3-2-8(13)5-9(10)14/h2-5H,6H2,1H3. The molecule has 0 aliphatic heterocycles. The Labute approximate surface area is 120 Å². The highest BCUT2D eigenvalue weighted by atomic mass is 35.5. The van der Waals surface area contributed by atoms with E-state index in [2.05, 4.69) is 9.97 Å². The molecule has 0 aliphatic carbocycles. The van der Waals surface area contributed by atoms with Crippen molar-refractivity contribution in [3.63, 3.8) is 0 Å². The van der Waals surface area contributed by atoms with E-state index in [1.54, 1.807) is 24.3 Å². The summed E-state index contributed by atoms with van der Waals surface area (Å²) < 4.78 is 5.51. The largest absolute Gasteiger partial charge is 0.484 e. The summed E-state index contributed by atoms with van der Waals surface area (Å²) in [5.41, 5.74) is 0.788. The van der Waals surface area contributed by atoms with Crippen LogP contribution in [0.1, 0.15) is 11.5 Å². The predicted octanol–water partition coefficient (Wildman–Crippen LogP) is 4.32. The van der Waals surface area contributed by atoms with Gasteiger partial charge in [-0.15, -0.1) is 0 Å². The number of ether oxygens (including phenoxy) is 1. The van der Waals surface area contributed by atoms with Gasteiger partial charge in [-0.05, 0) is 31.2 Å². The SMILES string of the molecule is Cc1cc(Cl)nc(COc2ccc(Cl)cc2Cl)n1. The van der Waals surface area contributed by atoms with E-state index in [1.807, 2.05) is 6.92 Å². The Morgan fingerprint density at radius 2 is 1.89 bits per heavy atom. The second-order valence-electron chi connectivity index (χ2n) is 3.61. The predicted molar refractivity (Wildman–Crippen MR) is 72.6 cm³/mol. The fourth-order valence-corrected chi connectivity index (χ4v) is 2.11. The molecule has 18 heavy (non-hydrogen) atoms. The molecule has 3 nitrogen and oxygen atoms in total. The van der Waals surface area contributed by atoms with Crippen LogP contribution in [0.25, 0.3) is 0 Å². The molecule has 0 aliphatic rings. The Hall–Kier alpha value is -1.03. The zero-order chi connectivity index (χ0) is 13.1. The molecule has 0 spiro atoms. The summed E-state index contributed by atoms with van der Waals surface area (Å²) in [6.07, 6.45) is 0. The minimum atomic E-state index is 0.197. The van der Waals surface area contributed by atoms with Gasteiger partial charge in [0.25, 0.3) is 0 Å². The van der Waals surface area contributed by atoms with Crippen molar-refractivity contribution in [2.75, 3.05) is 0 Å². The lowest BCUT2D eigenvalue weighted by molar-refractivity contribution is 0.295. The highest BCUT2D eigenvalue weighted by Crippen LogP contribution is 2.27. The van der Waals surface area contributed by atoms with Gasteiger partial charge < -0.3 is 4.74 Å². The first-order valence-electron chi connectivity index (χ1n) is 5.12. The molecule has 94 valence electrons. The van der Waals surface area contributed by atoms with Crippen LogP contribution in [0, 0.1) is 6.92 Å². The van der Waals surface area contributed by atoms with E-state index < -0.39 is 0 Å². The lowest BCUT2D eigenvalue weighted by atomic mass is 10.3. The molecular weight excluding hydrogens is 295 g/mol. The molecule has 0 atom stereocenters. The van der Waals surface area contributed by atoms with Gasteiger partial charge in [0.05, 0.1) is 5.02 Å². The second kappa shape index (κ2) is 5.74. The summed E-state index contributed by atoms with van der Waals surface area (Å²) in [7, 11) is 0. The molecule has 0 amide bonds. The second-order valence-corrected chi connectivity index (χ2v) is 4.84. The highest BCUT2D eigenvalue weighted by Gasteiger charge is 2.05. The average Bonchev–Trinajstić information content (AvgIpc) is 2.26. The van der Waals surface area contributed by atoms with Crippen molar-refractivity contribution < 1.29 is 4.74 Å². The number of hydrogen-bond acceptors (Lipinski definition) is 3. The van der Waals surface area contributed by atoms with Crippen LogP contribution < -0.4 is 4.74 Å². The maximum absolute atomic E-state index is 5.98. The summed E-state index contributed by atoms with van der Waals surface area (Å²) in [5.74, 6) is 1.04. The van der Waals surface area contributed by atoms with Crippen molar-refractivity contribution in [3.05, 3.63) is 51.0 Å². The number of aromatic nitrogens is 2. The molecule has 0 bridgehead atoms. The van der Waals surface area contributed by atoms with E-state index in [0.717, 1.165) is 5.69 Å². The Kier molecular flexibility index (Phi) is 4.27. The smallest absolute Gasteiger partial charge is 0.167 e. The fourth-order valence-electron chi connectivity index (χ4n) is 1.39. The van der Waals surface area contributed by atoms with Crippen molar-refractivity contribution in [3.8, 4) is 5.75 Å². The maximum atomic E-state index is 5.98. The topological polar surface area (TPSA) is 35.0 Å². The zero-order valence-electron chi connectivity index (χ0n) is 9.45. The van der Waals surface area contributed by atoms with Crippen LogP contribution in [0.2, 0.25) is 15.2 Å². The summed E-state index contributed by atoms with van der Waals surface area (Å²) >= 11 is 17.6. The molecule has 1 aromatic carbocycles. The first-order chi connectivity index (χ1) is 8.54. The maximum Gasteiger partial charge on any atom is 0.167 e. The number of benzene rings is 1. The van der Waals surface area contributed by atoms with Gasteiger partial charge in [0.1, 0.15) is 17.5 Å². The molecule has 0 fully saturated rings. The minimum Gasteiger partial charge on any atom is -0.484 e. The third-order valence-corrected chi connectivity index (χ3v) is 2.84. The monoisotopic (exact) mass is 302 g/mol. The third kappa shape index (κ3) is 3.48. The van der Waals surface area contributed by atoms with Gasteiger partial charge in [-0.25, -0.2) is 9.97 Å². The molecule has 6 heteroatoms. The van der Waals surface area contributed by atoms with Crippen LogP contribution in [0.3, 0.4) is 0 Å². The lowest BCUT2D eigenvalue weighted by Gasteiger charge is -2.08. The number of halogens is 3. The Balaban J connectivity index is 2.11. The molecule has 2 rings (SSSR count). The number of hydrogen-bond donors (Lipinski definition) is 0. The van der Waals surface area contributed by atoms with E-state index in [9.17, 15) is 0 Å². The lowest BCUT2D eigenvalue weighted by Crippen LogP contribution is -2.03. The van der Waals surface area contributed by atoms with Gasteiger partial charge in [-0.1, -0.05) is 34.8 Å².